The van der Waals surface area contributed by atoms with Crippen molar-refractivity contribution < 1.29 is 14.3 Å². The Morgan fingerprint density at radius 3 is 2.58 bits per heavy atom. The van der Waals surface area contributed by atoms with Crippen LogP contribution in [0.3, 0.4) is 0 Å². The quantitative estimate of drug-likeness (QED) is 0.807. The van der Waals surface area contributed by atoms with Crippen molar-refractivity contribution in [2.24, 2.45) is 0 Å². The number of ether oxygens (including phenoxy) is 1. The number of rotatable bonds is 4. The first-order chi connectivity index (χ1) is 11.4. The number of carbonyl (C=O) groups excluding carboxylic acids is 2. The van der Waals surface area contributed by atoms with Crippen LogP contribution in [0.15, 0.2) is 12.1 Å². The molecule has 0 unspecified atom stereocenters. The Bertz CT molecular complexity index is 778. The summed E-state index contributed by atoms with van der Waals surface area (Å²) in [6.45, 7) is 1.80. The number of thiophene rings is 1. The molecule has 1 fully saturated rings. The number of nitrogens with one attached hydrogen (secondary N) is 1. The molecule has 0 radical (unpaired) electrons. The second-order valence-electron chi connectivity index (χ2n) is 5.77. The van der Waals surface area contributed by atoms with E-state index >= 15 is 0 Å². The maximum atomic E-state index is 12.7. The first-order valence-corrected chi connectivity index (χ1v) is 9.60. The lowest BCUT2D eigenvalue weighted by molar-refractivity contribution is -0.148. The van der Waals surface area contributed by atoms with Crippen molar-refractivity contribution in [3.63, 3.8) is 0 Å². The van der Waals surface area contributed by atoms with E-state index in [4.69, 9.17) is 16.3 Å². The molecule has 8 heteroatoms. The Kier molecular flexibility index (Phi) is 4.94. The van der Waals surface area contributed by atoms with Crippen molar-refractivity contribution in [2.75, 3.05) is 7.11 Å². The lowest BCUT2D eigenvalue weighted by atomic mass is 9.97. The van der Waals surface area contributed by atoms with Crippen LogP contribution >= 0.6 is 34.3 Å². The molecular weight excluding hydrogens is 368 g/mol. The SMILES string of the molecule is COC(=O)C1(NC(=O)c2sc(-c3ccc(Cl)s3)nc2C)CCCC1. The number of aromatic nitrogens is 1. The molecule has 1 aliphatic carbocycles. The third kappa shape index (κ3) is 3.20. The molecule has 128 valence electrons. The van der Waals surface area contributed by atoms with Gasteiger partial charge in [-0.25, -0.2) is 9.78 Å². The molecule has 3 rings (SSSR count). The Labute approximate surface area is 153 Å². The van der Waals surface area contributed by atoms with Gasteiger partial charge in [-0.2, -0.15) is 0 Å². The normalized spacial score (nSPS) is 16.1. The molecule has 2 aromatic rings. The number of halogens is 1. The molecule has 0 spiro atoms. The minimum absolute atomic E-state index is 0.272. The summed E-state index contributed by atoms with van der Waals surface area (Å²) in [7, 11) is 1.35. The minimum Gasteiger partial charge on any atom is -0.467 e. The molecule has 1 saturated carbocycles. The van der Waals surface area contributed by atoms with Gasteiger partial charge in [-0.05, 0) is 31.9 Å². The van der Waals surface area contributed by atoms with E-state index < -0.39 is 5.54 Å². The summed E-state index contributed by atoms with van der Waals surface area (Å²) in [5, 5.41) is 3.66. The van der Waals surface area contributed by atoms with Gasteiger partial charge in [0.25, 0.3) is 5.91 Å². The lowest BCUT2D eigenvalue weighted by Gasteiger charge is -2.26. The van der Waals surface area contributed by atoms with Gasteiger partial charge >= 0.3 is 5.97 Å². The first-order valence-electron chi connectivity index (χ1n) is 7.59. The third-order valence-electron chi connectivity index (χ3n) is 4.17. The summed E-state index contributed by atoms with van der Waals surface area (Å²) in [6.07, 6.45) is 3.01. The number of esters is 1. The van der Waals surface area contributed by atoms with Gasteiger partial charge in [0.15, 0.2) is 0 Å². The van der Waals surface area contributed by atoms with Crippen LogP contribution in [0.1, 0.15) is 41.0 Å². The second kappa shape index (κ2) is 6.82. The Morgan fingerprint density at radius 2 is 2.00 bits per heavy atom. The highest BCUT2D eigenvalue weighted by Gasteiger charge is 2.44. The third-order valence-corrected chi connectivity index (χ3v) is 6.73. The van der Waals surface area contributed by atoms with Crippen molar-refractivity contribution in [1.29, 1.82) is 0 Å². The number of aryl methyl sites for hydroxylation is 1. The van der Waals surface area contributed by atoms with E-state index in [1.165, 1.54) is 29.8 Å². The van der Waals surface area contributed by atoms with Crippen molar-refractivity contribution >= 4 is 46.2 Å². The summed E-state index contributed by atoms with van der Waals surface area (Å²) in [5.41, 5.74) is -0.260. The smallest absolute Gasteiger partial charge is 0.331 e. The number of hydrogen-bond donors (Lipinski definition) is 1. The van der Waals surface area contributed by atoms with Gasteiger partial charge in [-0.1, -0.05) is 24.4 Å². The van der Waals surface area contributed by atoms with E-state index in [1.807, 2.05) is 12.1 Å². The fraction of sp³-hybridized carbons (Fsp3) is 0.438. The standard InChI is InChI=1S/C16H17ClN2O3S2/c1-9-12(24-14(18-9)10-5-6-11(17)23-10)13(20)19-16(15(21)22-2)7-3-4-8-16/h5-6H,3-4,7-8H2,1-2H3,(H,19,20). The van der Waals surface area contributed by atoms with Crippen LogP contribution in [0.25, 0.3) is 9.88 Å². The van der Waals surface area contributed by atoms with E-state index in [2.05, 4.69) is 10.3 Å². The molecule has 0 saturated heterocycles. The van der Waals surface area contributed by atoms with Gasteiger partial charge in [0.1, 0.15) is 15.4 Å². The molecular formula is C16H17ClN2O3S2. The number of carbonyl (C=O) groups is 2. The minimum atomic E-state index is -0.908. The predicted octanol–water partition coefficient (Wildman–Crippen LogP) is 4.05. The highest BCUT2D eigenvalue weighted by molar-refractivity contribution is 7.24. The van der Waals surface area contributed by atoms with Gasteiger partial charge in [0.2, 0.25) is 0 Å². The van der Waals surface area contributed by atoms with Crippen LogP contribution in [-0.2, 0) is 9.53 Å². The predicted molar refractivity (Wildman–Crippen MR) is 95.9 cm³/mol. The number of thiazole rings is 1. The topological polar surface area (TPSA) is 68.3 Å². The van der Waals surface area contributed by atoms with E-state index in [1.54, 1.807) is 6.92 Å². The van der Waals surface area contributed by atoms with Gasteiger partial charge < -0.3 is 10.1 Å². The molecule has 1 N–H and O–H groups in total. The van der Waals surface area contributed by atoms with Crippen LogP contribution in [-0.4, -0.2) is 29.5 Å². The Hall–Kier alpha value is -1.44. The highest BCUT2D eigenvalue weighted by atomic mass is 35.5. The Morgan fingerprint density at radius 1 is 1.29 bits per heavy atom. The maximum absolute atomic E-state index is 12.7. The summed E-state index contributed by atoms with van der Waals surface area (Å²) >= 11 is 8.70. The molecule has 0 aliphatic heterocycles. The van der Waals surface area contributed by atoms with Crippen molar-refractivity contribution in [3.8, 4) is 9.88 Å². The maximum Gasteiger partial charge on any atom is 0.331 e. The number of methoxy groups -OCH3 is 1. The highest BCUT2D eigenvalue weighted by Crippen LogP contribution is 2.36. The van der Waals surface area contributed by atoms with Crippen LogP contribution < -0.4 is 5.32 Å². The molecule has 2 heterocycles. The van der Waals surface area contributed by atoms with Gasteiger partial charge in [-0.15, -0.1) is 22.7 Å². The van der Waals surface area contributed by atoms with Crippen LogP contribution in [0.4, 0.5) is 0 Å². The molecule has 1 aliphatic rings. The van der Waals surface area contributed by atoms with Gasteiger partial charge in [-0.3, -0.25) is 4.79 Å². The molecule has 2 aromatic heterocycles. The van der Waals surface area contributed by atoms with Gasteiger partial charge in [0.05, 0.1) is 22.0 Å². The zero-order valence-electron chi connectivity index (χ0n) is 13.3. The second-order valence-corrected chi connectivity index (χ2v) is 8.49. The molecule has 24 heavy (non-hydrogen) atoms. The Balaban J connectivity index is 1.85. The molecule has 0 atom stereocenters. The zero-order chi connectivity index (χ0) is 17.3. The summed E-state index contributed by atoms with van der Waals surface area (Å²) in [4.78, 5) is 30.8. The fourth-order valence-corrected chi connectivity index (χ4v) is 5.03. The van der Waals surface area contributed by atoms with E-state index in [0.717, 1.165) is 22.7 Å². The number of nitrogens with zero attached hydrogens (tertiary/aromatic N) is 1. The average molecular weight is 385 g/mol. The van der Waals surface area contributed by atoms with Crippen LogP contribution in [0, 0.1) is 6.92 Å². The zero-order valence-corrected chi connectivity index (χ0v) is 15.7. The molecule has 0 aromatic carbocycles. The van der Waals surface area contributed by atoms with Crippen molar-refractivity contribution in [3.05, 3.63) is 27.0 Å². The number of amides is 1. The molecule has 5 nitrogen and oxygen atoms in total. The van der Waals surface area contributed by atoms with E-state index in [-0.39, 0.29) is 11.9 Å². The summed E-state index contributed by atoms with van der Waals surface area (Å²) in [5.74, 6) is -0.646. The summed E-state index contributed by atoms with van der Waals surface area (Å²) in [6, 6.07) is 3.70. The van der Waals surface area contributed by atoms with E-state index in [9.17, 15) is 9.59 Å². The van der Waals surface area contributed by atoms with Gasteiger partial charge in [0, 0.05) is 0 Å². The molecule has 0 bridgehead atoms. The fourth-order valence-electron chi connectivity index (χ4n) is 2.97. The van der Waals surface area contributed by atoms with Crippen LogP contribution in [0.5, 0.6) is 0 Å². The number of hydrogen-bond acceptors (Lipinski definition) is 6. The lowest BCUT2D eigenvalue weighted by Crippen LogP contribution is -2.53. The van der Waals surface area contributed by atoms with E-state index in [0.29, 0.717) is 27.7 Å². The first kappa shape index (κ1) is 17.4. The largest absolute Gasteiger partial charge is 0.467 e. The summed E-state index contributed by atoms with van der Waals surface area (Å²) < 4.78 is 5.58. The molecule has 1 amide bonds. The average Bonchev–Trinajstić information content (AvgIpc) is 3.27. The van der Waals surface area contributed by atoms with Crippen LogP contribution in [0.2, 0.25) is 4.34 Å². The van der Waals surface area contributed by atoms with Crippen molar-refractivity contribution in [1.82, 2.24) is 10.3 Å². The van der Waals surface area contributed by atoms with Crippen molar-refractivity contribution in [2.45, 2.75) is 38.1 Å². The monoisotopic (exact) mass is 384 g/mol.